The average molecular weight is 146 g/mol. The fourth-order valence-corrected chi connectivity index (χ4v) is 0. The molecule has 0 aliphatic heterocycles. The van der Waals surface area contributed by atoms with Crippen LogP contribution in [0.25, 0.3) is 0 Å². The minimum atomic E-state index is -0.963. The summed E-state index contributed by atoms with van der Waals surface area (Å²) in [7, 11) is 0. The van der Waals surface area contributed by atoms with Crippen LogP contribution in [-0.4, -0.2) is 28.8 Å². The quantitative estimate of drug-likeness (QED) is 0.408. The average Bonchev–Trinajstić information content (AvgIpc) is 1.89. The van der Waals surface area contributed by atoms with Crippen molar-refractivity contribution in [1.82, 2.24) is 0 Å². The van der Waals surface area contributed by atoms with Gasteiger partial charge >= 0.3 is 5.97 Å². The molecule has 10 heavy (non-hydrogen) atoms. The Hall–Kier alpha value is -1.12. The summed E-state index contributed by atoms with van der Waals surface area (Å²) in [5.74, 6) is -0.963. The number of nitrogens with two attached hydrogens (primary N) is 1. The fourth-order valence-electron chi connectivity index (χ4n) is 0. The van der Waals surface area contributed by atoms with Crippen molar-refractivity contribution >= 4 is 5.97 Å². The second-order valence-corrected chi connectivity index (χ2v) is 1.44. The third-order valence-corrected chi connectivity index (χ3v) is 0.460. The van der Waals surface area contributed by atoms with Crippen LogP contribution in [0.5, 0.6) is 0 Å². The van der Waals surface area contributed by atoms with Gasteiger partial charge in [-0.1, -0.05) is 0 Å². The van der Waals surface area contributed by atoms with Crippen molar-refractivity contribution in [3.05, 3.63) is 0 Å². The van der Waals surface area contributed by atoms with Crippen LogP contribution in [0, 0.1) is 11.3 Å². The summed E-state index contributed by atoms with van der Waals surface area (Å²) >= 11 is 0. The molecular formula is C5H10N2O3. The Balaban J connectivity index is 0. The van der Waals surface area contributed by atoms with Crippen molar-refractivity contribution in [3.8, 4) is 6.07 Å². The Morgan fingerprint density at radius 2 is 2.10 bits per heavy atom. The minimum Gasteiger partial charge on any atom is -0.480 e. The number of carbonyl (C=O) groups is 1. The number of nitrogens with zero attached hydrogens (tertiary/aromatic N) is 1. The molecular weight excluding hydrogens is 136 g/mol. The maximum absolute atomic E-state index is 9.57. The van der Waals surface area contributed by atoms with Crippen molar-refractivity contribution in [2.75, 3.05) is 6.61 Å². The number of nitriles is 1. The van der Waals surface area contributed by atoms with Crippen molar-refractivity contribution in [2.45, 2.75) is 13.0 Å². The molecule has 0 saturated heterocycles. The summed E-state index contributed by atoms with van der Waals surface area (Å²) in [4.78, 5) is 9.57. The van der Waals surface area contributed by atoms with Crippen LogP contribution in [0.2, 0.25) is 0 Å². The standard InChI is InChI=1S/C3H7NO2.C2H3NO/c1-2(4)3(5)6;3-1-2-4/h2H,4H2,1H3,(H,5,6);4H,2H2/t2-;/m0./s1. The summed E-state index contributed by atoms with van der Waals surface area (Å²) in [5.41, 5.74) is 4.84. The normalized spacial score (nSPS) is 10.2. The summed E-state index contributed by atoms with van der Waals surface area (Å²) in [6.07, 6.45) is 0. The molecule has 0 amide bonds. The highest BCUT2D eigenvalue weighted by atomic mass is 16.4. The van der Waals surface area contributed by atoms with Crippen LogP contribution >= 0.6 is 0 Å². The van der Waals surface area contributed by atoms with E-state index < -0.39 is 12.0 Å². The van der Waals surface area contributed by atoms with Crippen LogP contribution in [-0.2, 0) is 4.79 Å². The Bertz CT molecular complexity index is 127. The van der Waals surface area contributed by atoms with E-state index in [0.29, 0.717) is 0 Å². The van der Waals surface area contributed by atoms with Gasteiger partial charge in [-0.3, -0.25) is 4.79 Å². The Labute approximate surface area is 58.7 Å². The number of carboxylic acid groups (broad SMARTS) is 1. The summed E-state index contributed by atoms with van der Waals surface area (Å²) in [6, 6.07) is 0.755. The monoisotopic (exact) mass is 146 g/mol. The smallest absolute Gasteiger partial charge is 0.320 e. The first-order valence-electron chi connectivity index (χ1n) is 2.52. The van der Waals surface area contributed by atoms with Crippen LogP contribution in [0.4, 0.5) is 0 Å². The highest BCUT2D eigenvalue weighted by Gasteiger charge is 1.99. The molecule has 0 aromatic carbocycles. The lowest BCUT2D eigenvalue weighted by Crippen LogP contribution is -2.25. The van der Waals surface area contributed by atoms with Crippen LogP contribution in [0.1, 0.15) is 6.92 Å². The second-order valence-electron chi connectivity index (χ2n) is 1.44. The van der Waals surface area contributed by atoms with E-state index >= 15 is 0 Å². The Kier molecular flexibility index (Phi) is 9.18. The predicted molar refractivity (Wildman–Crippen MR) is 34.0 cm³/mol. The fraction of sp³-hybridized carbons (Fsp3) is 0.600. The minimum absolute atomic E-state index is 0.375. The summed E-state index contributed by atoms with van der Waals surface area (Å²) < 4.78 is 0. The molecule has 0 radical (unpaired) electrons. The van der Waals surface area contributed by atoms with Gasteiger partial charge in [0.05, 0.1) is 6.07 Å². The van der Waals surface area contributed by atoms with E-state index in [-0.39, 0.29) is 6.61 Å². The first-order chi connectivity index (χ1) is 4.56. The number of aliphatic hydroxyl groups is 1. The molecule has 4 N–H and O–H groups in total. The molecule has 0 aliphatic rings. The van der Waals surface area contributed by atoms with Gasteiger partial charge in [-0.05, 0) is 6.92 Å². The van der Waals surface area contributed by atoms with Gasteiger partial charge in [-0.2, -0.15) is 5.26 Å². The van der Waals surface area contributed by atoms with Gasteiger partial charge in [-0.15, -0.1) is 0 Å². The van der Waals surface area contributed by atoms with Gasteiger partial charge in [0.15, 0.2) is 0 Å². The lowest BCUT2D eigenvalue weighted by molar-refractivity contribution is -0.138. The van der Waals surface area contributed by atoms with E-state index in [1.807, 2.05) is 0 Å². The lowest BCUT2D eigenvalue weighted by Gasteiger charge is -1.90. The molecule has 58 valence electrons. The van der Waals surface area contributed by atoms with Crippen LogP contribution in [0.15, 0.2) is 0 Å². The highest BCUT2D eigenvalue weighted by molar-refractivity contribution is 5.72. The molecule has 0 saturated carbocycles. The molecule has 0 aromatic heterocycles. The van der Waals surface area contributed by atoms with E-state index in [9.17, 15) is 4.79 Å². The summed E-state index contributed by atoms with van der Waals surface area (Å²) in [6.45, 7) is 1.04. The molecule has 0 unspecified atom stereocenters. The zero-order valence-electron chi connectivity index (χ0n) is 5.61. The first-order valence-corrected chi connectivity index (χ1v) is 2.52. The van der Waals surface area contributed by atoms with Gasteiger partial charge in [0, 0.05) is 0 Å². The molecule has 0 heterocycles. The van der Waals surface area contributed by atoms with Gasteiger partial charge in [0.2, 0.25) is 0 Å². The van der Waals surface area contributed by atoms with Crippen LogP contribution < -0.4 is 5.73 Å². The molecule has 1 atom stereocenters. The van der Waals surface area contributed by atoms with E-state index in [4.69, 9.17) is 21.2 Å². The number of hydrogen-bond donors (Lipinski definition) is 3. The number of rotatable bonds is 1. The third kappa shape index (κ3) is 15.8. The van der Waals surface area contributed by atoms with E-state index in [1.165, 1.54) is 13.0 Å². The number of hydrogen-bond acceptors (Lipinski definition) is 4. The molecule has 0 spiro atoms. The molecule has 5 heteroatoms. The summed E-state index contributed by atoms with van der Waals surface area (Å²) in [5, 5.41) is 22.8. The molecule has 0 aromatic rings. The van der Waals surface area contributed by atoms with Gasteiger partial charge in [-0.25, -0.2) is 0 Å². The molecule has 0 rings (SSSR count). The van der Waals surface area contributed by atoms with Crippen molar-refractivity contribution in [2.24, 2.45) is 5.73 Å². The molecule has 0 bridgehead atoms. The third-order valence-electron chi connectivity index (χ3n) is 0.460. The van der Waals surface area contributed by atoms with E-state index in [0.717, 1.165) is 0 Å². The van der Waals surface area contributed by atoms with E-state index in [1.54, 1.807) is 0 Å². The lowest BCUT2D eigenvalue weighted by atomic mass is 10.4. The number of aliphatic hydroxyl groups excluding tert-OH is 1. The maximum atomic E-state index is 9.57. The number of carboxylic acids is 1. The maximum Gasteiger partial charge on any atom is 0.320 e. The molecule has 5 nitrogen and oxygen atoms in total. The highest BCUT2D eigenvalue weighted by Crippen LogP contribution is 1.68. The van der Waals surface area contributed by atoms with Gasteiger partial charge in [0.25, 0.3) is 0 Å². The van der Waals surface area contributed by atoms with Gasteiger partial charge in [0.1, 0.15) is 12.6 Å². The SMILES string of the molecule is C[C@H](N)C(=O)O.N#CCO. The van der Waals surface area contributed by atoms with Crippen molar-refractivity contribution < 1.29 is 15.0 Å². The number of aliphatic carboxylic acids is 1. The van der Waals surface area contributed by atoms with Crippen LogP contribution in [0.3, 0.4) is 0 Å². The zero-order valence-corrected chi connectivity index (χ0v) is 5.61. The van der Waals surface area contributed by atoms with Crippen molar-refractivity contribution in [3.63, 3.8) is 0 Å². The predicted octanol–water partition coefficient (Wildman–Crippen LogP) is -1.08. The largest absolute Gasteiger partial charge is 0.480 e. The van der Waals surface area contributed by atoms with Crippen molar-refractivity contribution in [1.29, 1.82) is 5.26 Å². The van der Waals surface area contributed by atoms with Gasteiger partial charge < -0.3 is 15.9 Å². The first kappa shape index (κ1) is 11.6. The Morgan fingerprint density at radius 3 is 2.10 bits per heavy atom. The topological polar surface area (TPSA) is 107 Å². The van der Waals surface area contributed by atoms with E-state index in [2.05, 4.69) is 0 Å². The zero-order chi connectivity index (χ0) is 8.57. The second kappa shape index (κ2) is 7.88. The Morgan fingerprint density at radius 1 is 1.90 bits per heavy atom. The molecule has 0 fully saturated rings. The molecule has 0 aliphatic carbocycles.